The molecular formula is C24H28Cl2N2O3S. The Bertz CT molecular complexity index is 1090. The highest BCUT2D eigenvalue weighted by Crippen LogP contribution is 2.30. The number of carbonyl (C=O) groups is 1. The molecule has 4 rings (SSSR count). The highest BCUT2D eigenvalue weighted by Gasteiger charge is 2.32. The second-order valence-corrected chi connectivity index (χ2v) is 11.5. The predicted molar refractivity (Wildman–Crippen MR) is 128 cm³/mol. The van der Waals surface area contributed by atoms with E-state index in [1.165, 1.54) is 21.9 Å². The number of hydrogen-bond acceptors (Lipinski definition) is 3. The Labute approximate surface area is 200 Å². The fraction of sp³-hybridized carbons (Fsp3) is 0.458. The van der Waals surface area contributed by atoms with Crippen molar-refractivity contribution in [3.8, 4) is 0 Å². The van der Waals surface area contributed by atoms with Crippen LogP contribution in [0.3, 0.4) is 0 Å². The molecular weight excluding hydrogens is 467 g/mol. The van der Waals surface area contributed by atoms with E-state index in [0.29, 0.717) is 41.5 Å². The van der Waals surface area contributed by atoms with Crippen molar-refractivity contribution >= 4 is 39.1 Å². The maximum Gasteiger partial charge on any atom is 0.223 e. The van der Waals surface area contributed by atoms with E-state index >= 15 is 0 Å². The second-order valence-electron chi connectivity index (χ2n) is 8.74. The SMILES string of the molecule is C[C@@H](NC(=O)C1CCN(S(=O)(=O)Cc2c(Cl)cccc2Cl)CC1)c1ccc2c(c1)CCC2. The van der Waals surface area contributed by atoms with Gasteiger partial charge >= 0.3 is 0 Å². The Hall–Kier alpha value is -1.60. The van der Waals surface area contributed by atoms with Crippen molar-refractivity contribution in [2.24, 2.45) is 5.92 Å². The number of nitrogens with zero attached hydrogens (tertiary/aromatic N) is 1. The number of benzene rings is 2. The van der Waals surface area contributed by atoms with E-state index in [1.807, 2.05) is 6.92 Å². The third kappa shape index (κ3) is 5.14. The number of hydrogen-bond donors (Lipinski definition) is 1. The van der Waals surface area contributed by atoms with Gasteiger partial charge in [-0.25, -0.2) is 12.7 Å². The minimum Gasteiger partial charge on any atom is -0.349 e. The van der Waals surface area contributed by atoms with Gasteiger partial charge in [-0.15, -0.1) is 0 Å². The van der Waals surface area contributed by atoms with Gasteiger partial charge in [0, 0.05) is 34.6 Å². The van der Waals surface area contributed by atoms with Crippen molar-refractivity contribution in [3.63, 3.8) is 0 Å². The van der Waals surface area contributed by atoms with Crippen LogP contribution in [0.25, 0.3) is 0 Å². The first-order chi connectivity index (χ1) is 15.2. The van der Waals surface area contributed by atoms with Crippen LogP contribution in [0.1, 0.15) is 54.5 Å². The zero-order valence-corrected chi connectivity index (χ0v) is 20.4. The molecule has 1 aliphatic heterocycles. The summed E-state index contributed by atoms with van der Waals surface area (Å²) in [7, 11) is -3.57. The molecule has 1 saturated heterocycles. The molecule has 0 radical (unpaired) electrons. The maximum absolute atomic E-state index is 12.9. The lowest BCUT2D eigenvalue weighted by atomic mass is 9.96. The van der Waals surface area contributed by atoms with E-state index in [9.17, 15) is 13.2 Å². The van der Waals surface area contributed by atoms with Crippen LogP contribution in [-0.2, 0) is 33.4 Å². The fourth-order valence-electron chi connectivity index (χ4n) is 4.62. The monoisotopic (exact) mass is 494 g/mol. The summed E-state index contributed by atoms with van der Waals surface area (Å²) < 4.78 is 27.2. The molecule has 0 spiro atoms. The van der Waals surface area contributed by atoms with E-state index in [-0.39, 0.29) is 23.6 Å². The van der Waals surface area contributed by atoms with Gasteiger partial charge in [0.1, 0.15) is 0 Å². The number of halogens is 2. The number of sulfonamides is 1. The van der Waals surface area contributed by atoms with E-state index in [0.717, 1.165) is 18.4 Å². The fourth-order valence-corrected chi connectivity index (χ4v) is 6.93. The number of rotatable bonds is 6. The van der Waals surface area contributed by atoms with E-state index in [1.54, 1.807) is 18.2 Å². The van der Waals surface area contributed by atoms with Crippen LogP contribution >= 0.6 is 23.2 Å². The number of carbonyl (C=O) groups excluding carboxylic acids is 1. The normalized spacial score (nSPS) is 18.3. The van der Waals surface area contributed by atoms with Crippen molar-refractivity contribution in [2.45, 2.75) is 50.8 Å². The molecule has 2 aromatic rings. The Morgan fingerprint density at radius 3 is 2.44 bits per heavy atom. The zero-order valence-electron chi connectivity index (χ0n) is 18.1. The number of piperidine rings is 1. The number of fused-ring (bicyclic) bond motifs is 1. The Morgan fingerprint density at radius 2 is 1.75 bits per heavy atom. The third-order valence-corrected chi connectivity index (χ3v) is 9.10. The van der Waals surface area contributed by atoms with Crippen molar-refractivity contribution in [1.29, 1.82) is 0 Å². The first kappa shape index (κ1) is 23.6. The maximum atomic E-state index is 12.9. The summed E-state index contributed by atoms with van der Waals surface area (Å²) in [5.41, 5.74) is 4.34. The molecule has 1 fully saturated rings. The Morgan fingerprint density at radius 1 is 1.09 bits per heavy atom. The van der Waals surface area contributed by atoms with Crippen LogP contribution in [0.2, 0.25) is 10.0 Å². The average molecular weight is 495 g/mol. The van der Waals surface area contributed by atoms with Gasteiger partial charge in [-0.05, 0) is 67.9 Å². The van der Waals surface area contributed by atoms with Gasteiger partial charge in [-0.2, -0.15) is 0 Å². The lowest BCUT2D eigenvalue weighted by molar-refractivity contribution is -0.126. The highest BCUT2D eigenvalue weighted by molar-refractivity contribution is 7.88. The van der Waals surface area contributed by atoms with Crippen molar-refractivity contribution in [1.82, 2.24) is 9.62 Å². The number of aryl methyl sites for hydroxylation is 2. The van der Waals surface area contributed by atoms with Gasteiger partial charge in [0.25, 0.3) is 0 Å². The van der Waals surface area contributed by atoms with Gasteiger partial charge in [-0.3, -0.25) is 4.79 Å². The van der Waals surface area contributed by atoms with E-state index < -0.39 is 10.0 Å². The quantitative estimate of drug-likeness (QED) is 0.620. The summed E-state index contributed by atoms with van der Waals surface area (Å²) in [5, 5.41) is 3.81. The summed E-state index contributed by atoms with van der Waals surface area (Å²) >= 11 is 12.3. The van der Waals surface area contributed by atoms with E-state index in [2.05, 4.69) is 23.5 Å². The van der Waals surface area contributed by atoms with Crippen LogP contribution in [0, 0.1) is 5.92 Å². The van der Waals surface area contributed by atoms with Gasteiger partial charge in [0.05, 0.1) is 11.8 Å². The smallest absolute Gasteiger partial charge is 0.223 e. The van der Waals surface area contributed by atoms with Crippen molar-refractivity contribution < 1.29 is 13.2 Å². The number of amides is 1. The van der Waals surface area contributed by atoms with E-state index in [4.69, 9.17) is 23.2 Å². The lowest BCUT2D eigenvalue weighted by Crippen LogP contribution is -2.43. The molecule has 1 amide bonds. The van der Waals surface area contributed by atoms with Crippen LogP contribution in [0.15, 0.2) is 36.4 Å². The molecule has 5 nitrogen and oxygen atoms in total. The molecule has 0 aromatic heterocycles. The summed E-state index contributed by atoms with van der Waals surface area (Å²) in [5.74, 6) is -0.441. The Kier molecular flexibility index (Phi) is 7.15. The molecule has 0 saturated carbocycles. The van der Waals surface area contributed by atoms with Crippen LogP contribution < -0.4 is 5.32 Å². The van der Waals surface area contributed by atoms with Gasteiger partial charge < -0.3 is 5.32 Å². The first-order valence-corrected chi connectivity index (χ1v) is 13.4. The third-order valence-electron chi connectivity index (χ3n) is 6.59. The zero-order chi connectivity index (χ0) is 22.9. The van der Waals surface area contributed by atoms with Crippen LogP contribution in [-0.4, -0.2) is 31.7 Å². The predicted octanol–water partition coefficient (Wildman–Crippen LogP) is 4.90. The molecule has 8 heteroatoms. The van der Waals surface area contributed by atoms with Crippen LogP contribution in [0.4, 0.5) is 0 Å². The molecule has 0 unspecified atom stereocenters. The highest BCUT2D eigenvalue weighted by atomic mass is 35.5. The van der Waals surface area contributed by atoms with Gasteiger partial charge in [0.2, 0.25) is 15.9 Å². The van der Waals surface area contributed by atoms with Gasteiger partial charge in [0.15, 0.2) is 0 Å². The second kappa shape index (κ2) is 9.72. The van der Waals surface area contributed by atoms with Crippen molar-refractivity contribution in [2.75, 3.05) is 13.1 Å². The molecule has 172 valence electrons. The van der Waals surface area contributed by atoms with Crippen molar-refractivity contribution in [3.05, 3.63) is 68.7 Å². The summed E-state index contributed by atoms with van der Waals surface area (Å²) in [6.07, 6.45) is 4.44. The minimum atomic E-state index is -3.57. The minimum absolute atomic E-state index is 0.0100. The Balaban J connectivity index is 1.33. The standard InChI is InChI=1S/C24H28Cl2N2O3S/c1-16(19-9-8-17-4-2-5-20(17)14-19)27-24(29)18-10-12-28(13-11-18)32(30,31)15-21-22(25)6-3-7-23(21)26/h3,6-9,14,16,18H,2,4-5,10-13,15H2,1H3,(H,27,29)/t16-/m1/s1. The van der Waals surface area contributed by atoms with Crippen LogP contribution in [0.5, 0.6) is 0 Å². The molecule has 1 N–H and O–H groups in total. The summed E-state index contributed by atoms with van der Waals surface area (Å²) in [6, 6.07) is 11.4. The number of nitrogens with one attached hydrogen (secondary N) is 1. The first-order valence-electron chi connectivity index (χ1n) is 11.1. The summed E-state index contributed by atoms with van der Waals surface area (Å²) in [6.45, 7) is 2.63. The molecule has 32 heavy (non-hydrogen) atoms. The topological polar surface area (TPSA) is 66.5 Å². The van der Waals surface area contributed by atoms with Gasteiger partial charge in [-0.1, -0.05) is 47.5 Å². The molecule has 2 aliphatic rings. The lowest BCUT2D eigenvalue weighted by Gasteiger charge is -2.31. The average Bonchev–Trinajstić information content (AvgIpc) is 3.24. The molecule has 1 atom stereocenters. The molecule has 1 heterocycles. The summed E-state index contributed by atoms with van der Waals surface area (Å²) in [4.78, 5) is 12.8. The molecule has 2 aromatic carbocycles. The molecule has 1 aliphatic carbocycles. The largest absolute Gasteiger partial charge is 0.349 e. The molecule has 0 bridgehead atoms.